The Bertz CT molecular complexity index is 772. The highest BCUT2D eigenvalue weighted by Crippen LogP contribution is 2.17. The minimum Gasteiger partial charge on any atom is -0.497 e. The minimum absolute atomic E-state index is 0.0100. The molecular formula is C19H19FN2O3. The number of anilines is 1. The second-order valence-electron chi connectivity index (χ2n) is 5.29. The van der Waals surface area contributed by atoms with Crippen LogP contribution in [0.4, 0.5) is 10.1 Å². The molecule has 25 heavy (non-hydrogen) atoms. The summed E-state index contributed by atoms with van der Waals surface area (Å²) < 4.78 is 18.2. The van der Waals surface area contributed by atoms with Gasteiger partial charge in [-0.15, -0.1) is 0 Å². The number of ether oxygens (including phenoxy) is 1. The van der Waals surface area contributed by atoms with E-state index in [2.05, 4.69) is 0 Å². The Hall–Kier alpha value is -3.15. The Kier molecular flexibility index (Phi) is 6.28. The maximum atomic E-state index is 13.1. The lowest BCUT2D eigenvalue weighted by molar-refractivity contribution is -0.118. The third-order valence-corrected chi connectivity index (χ3v) is 3.50. The second kappa shape index (κ2) is 8.63. The number of nitrogens with zero attached hydrogens (tertiary/aromatic N) is 1. The molecule has 2 aromatic carbocycles. The Labute approximate surface area is 145 Å². The molecule has 0 fully saturated rings. The molecule has 2 rings (SSSR count). The minimum atomic E-state index is -0.517. The quantitative estimate of drug-likeness (QED) is 0.787. The summed E-state index contributed by atoms with van der Waals surface area (Å²) in [5, 5.41) is 0. The van der Waals surface area contributed by atoms with Crippen molar-refractivity contribution in [1.82, 2.24) is 0 Å². The average molecular weight is 342 g/mol. The van der Waals surface area contributed by atoms with Gasteiger partial charge in [-0.05, 0) is 48.0 Å². The number of halogens is 1. The van der Waals surface area contributed by atoms with Gasteiger partial charge >= 0.3 is 0 Å². The second-order valence-corrected chi connectivity index (χ2v) is 5.29. The fraction of sp³-hybridized carbons (Fsp3) is 0.158. The number of amides is 2. The third-order valence-electron chi connectivity index (χ3n) is 3.50. The average Bonchev–Trinajstić information content (AvgIpc) is 2.61. The zero-order valence-electron chi connectivity index (χ0n) is 13.8. The van der Waals surface area contributed by atoms with Crippen LogP contribution in [0.15, 0.2) is 54.6 Å². The fourth-order valence-electron chi connectivity index (χ4n) is 2.21. The molecule has 2 N–H and O–H groups in total. The summed E-state index contributed by atoms with van der Waals surface area (Å²) in [7, 11) is 1.56. The van der Waals surface area contributed by atoms with Gasteiger partial charge in [0.25, 0.3) is 5.91 Å². The molecule has 0 aliphatic heterocycles. The summed E-state index contributed by atoms with van der Waals surface area (Å²) in [5.74, 6) is -0.580. The molecule has 2 amide bonds. The molecule has 2 aromatic rings. The Morgan fingerprint density at radius 3 is 2.56 bits per heavy atom. The zero-order chi connectivity index (χ0) is 18.2. The highest BCUT2D eigenvalue weighted by Gasteiger charge is 2.14. The van der Waals surface area contributed by atoms with Crippen LogP contribution in [0.3, 0.4) is 0 Å². The van der Waals surface area contributed by atoms with Gasteiger partial charge < -0.3 is 15.4 Å². The van der Waals surface area contributed by atoms with E-state index in [1.807, 2.05) is 12.1 Å². The van der Waals surface area contributed by atoms with Crippen LogP contribution in [-0.2, 0) is 9.59 Å². The van der Waals surface area contributed by atoms with Gasteiger partial charge in [0, 0.05) is 24.7 Å². The highest BCUT2D eigenvalue weighted by molar-refractivity contribution is 6.04. The van der Waals surface area contributed by atoms with E-state index in [1.54, 1.807) is 25.3 Å². The first kappa shape index (κ1) is 18.2. The first-order valence-corrected chi connectivity index (χ1v) is 7.67. The van der Waals surface area contributed by atoms with Crippen LogP contribution in [0.25, 0.3) is 6.08 Å². The molecule has 0 spiro atoms. The van der Waals surface area contributed by atoms with Gasteiger partial charge in [0.1, 0.15) is 11.6 Å². The van der Waals surface area contributed by atoms with Gasteiger partial charge in [-0.25, -0.2) is 4.39 Å². The van der Waals surface area contributed by atoms with Gasteiger partial charge in [0.05, 0.1) is 7.11 Å². The summed E-state index contributed by atoms with van der Waals surface area (Å²) in [5.41, 5.74) is 6.45. The molecule has 0 saturated carbocycles. The van der Waals surface area contributed by atoms with Crippen LogP contribution < -0.4 is 15.4 Å². The maximum absolute atomic E-state index is 13.1. The number of methoxy groups -OCH3 is 1. The predicted molar refractivity (Wildman–Crippen MR) is 94.6 cm³/mol. The number of benzene rings is 2. The number of hydrogen-bond acceptors (Lipinski definition) is 3. The molecule has 0 aromatic heterocycles. The number of carbonyl (C=O) groups excluding carboxylic acids is 2. The number of carbonyl (C=O) groups is 2. The monoisotopic (exact) mass is 342 g/mol. The van der Waals surface area contributed by atoms with Crippen LogP contribution in [0.5, 0.6) is 5.75 Å². The zero-order valence-corrected chi connectivity index (χ0v) is 13.8. The summed E-state index contributed by atoms with van der Waals surface area (Å²) >= 11 is 0. The van der Waals surface area contributed by atoms with E-state index in [1.165, 1.54) is 35.2 Å². The van der Waals surface area contributed by atoms with Crippen molar-refractivity contribution in [3.63, 3.8) is 0 Å². The van der Waals surface area contributed by atoms with Gasteiger partial charge in [-0.2, -0.15) is 0 Å². The van der Waals surface area contributed by atoms with Crippen LogP contribution in [0.1, 0.15) is 12.0 Å². The molecule has 0 unspecified atom stereocenters. The van der Waals surface area contributed by atoms with E-state index < -0.39 is 11.7 Å². The van der Waals surface area contributed by atoms with Crippen LogP contribution in [0.2, 0.25) is 0 Å². The molecule has 5 nitrogen and oxygen atoms in total. The van der Waals surface area contributed by atoms with Gasteiger partial charge in [-0.3, -0.25) is 9.59 Å². The lowest BCUT2D eigenvalue weighted by Crippen LogP contribution is -2.32. The molecule has 0 atom stereocenters. The van der Waals surface area contributed by atoms with Crippen molar-refractivity contribution in [3.8, 4) is 5.75 Å². The summed E-state index contributed by atoms with van der Waals surface area (Å²) in [6.45, 7) is 0.113. The highest BCUT2D eigenvalue weighted by atomic mass is 19.1. The predicted octanol–water partition coefficient (Wildman–Crippen LogP) is 2.76. The number of primary amides is 1. The van der Waals surface area contributed by atoms with Crippen molar-refractivity contribution in [2.24, 2.45) is 5.73 Å². The summed E-state index contributed by atoms with van der Waals surface area (Å²) in [6, 6.07) is 12.7. The van der Waals surface area contributed by atoms with Gasteiger partial charge in [0.15, 0.2) is 0 Å². The largest absolute Gasteiger partial charge is 0.497 e. The Balaban J connectivity index is 2.20. The maximum Gasteiger partial charge on any atom is 0.251 e. The smallest absolute Gasteiger partial charge is 0.251 e. The van der Waals surface area contributed by atoms with E-state index in [9.17, 15) is 14.0 Å². The van der Waals surface area contributed by atoms with Crippen molar-refractivity contribution in [2.45, 2.75) is 6.42 Å². The van der Waals surface area contributed by atoms with Crippen molar-refractivity contribution in [2.75, 3.05) is 18.6 Å². The standard InChI is InChI=1S/C19H19FN2O3/c1-25-17-4-2-3-14(13-17)5-10-19(24)22(12-11-18(21)23)16-8-6-15(20)7-9-16/h2-10,13H,11-12H2,1H3,(H2,21,23). The van der Waals surface area contributed by atoms with E-state index in [-0.39, 0.29) is 18.9 Å². The lowest BCUT2D eigenvalue weighted by atomic mass is 10.2. The van der Waals surface area contributed by atoms with Crippen LogP contribution >= 0.6 is 0 Å². The first-order chi connectivity index (χ1) is 12.0. The molecule has 130 valence electrons. The van der Waals surface area contributed by atoms with Crippen molar-refractivity contribution < 1.29 is 18.7 Å². The normalized spacial score (nSPS) is 10.6. The number of rotatable bonds is 7. The molecule has 0 bridgehead atoms. The molecule has 0 radical (unpaired) electrons. The Morgan fingerprint density at radius 2 is 1.92 bits per heavy atom. The summed E-state index contributed by atoms with van der Waals surface area (Å²) in [4.78, 5) is 25.0. The van der Waals surface area contributed by atoms with Crippen molar-refractivity contribution in [3.05, 3.63) is 66.0 Å². The van der Waals surface area contributed by atoms with Crippen LogP contribution in [0, 0.1) is 5.82 Å². The SMILES string of the molecule is COc1cccc(C=CC(=O)N(CCC(N)=O)c2ccc(F)cc2)c1. The fourth-order valence-corrected chi connectivity index (χ4v) is 2.21. The van der Waals surface area contributed by atoms with Crippen LogP contribution in [-0.4, -0.2) is 25.5 Å². The van der Waals surface area contributed by atoms with Crippen molar-refractivity contribution in [1.29, 1.82) is 0 Å². The number of hydrogen-bond donors (Lipinski definition) is 1. The topological polar surface area (TPSA) is 72.6 Å². The molecule has 0 heterocycles. The molecular weight excluding hydrogens is 323 g/mol. The van der Waals surface area contributed by atoms with E-state index in [4.69, 9.17) is 10.5 Å². The summed E-state index contributed by atoms with van der Waals surface area (Å²) in [6.07, 6.45) is 3.04. The first-order valence-electron chi connectivity index (χ1n) is 7.67. The molecule has 0 aliphatic carbocycles. The molecule has 6 heteroatoms. The molecule has 0 saturated heterocycles. The third kappa shape index (κ3) is 5.46. The van der Waals surface area contributed by atoms with E-state index in [0.717, 1.165) is 5.56 Å². The van der Waals surface area contributed by atoms with Crippen molar-refractivity contribution >= 4 is 23.6 Å². The lowest BCUT2D eigenvalue weighted by Gasteiger charge is -2.20. The number of nitrogens with two attached hydrogens (primary N) is 1. The van der Waals surface area contributed by atoms with Gasteiger partial charge in [-0.1, -0.05) is 12.1 Å². The van der Waals surface area contributed by atoms with Gasteiger partial charge in [0.2, 0.25) is 5.91 Å². The van der Waals surface area contributed by atoms with E-state index in [0.29, 0.717) is 11.4 Å². The van der Waals surface area contributed by atoms with E-state index >= 15 is 0 Å². The Morgan fingerprint density at radius 1 is 1.20 bits per heavy atom. The molecule has 0 aliphatic rings.